The van der Waals surface area contributed by atoms with Crippen molar-refractivity contribution < 1.29 is 168 Å². The lowest BCUT2D eigenvalue weighted by atomic mass is 9.95. The van der Waals surface area contributed by atoms with Crippen molar-refractivity contribution in [2.45, 2.75) is 372 Å². The Labute approximate surface area is 636 Å². The summed E-state index contributed by atoms with van der Waals surface area (Å²) in [6, 6.07) is -1.07. The lowest BCUT2D eigenvalue weighted by Gasteiger charge is -2.48. The first-order valence-electron chi connectivity index (χ1n) is 39.3. The fraction of sp³-hybridized carbons (Fsp3) is 0.931. The highest BCUT2D eigenvalue weighted by atomic mass is 16.8. The van der Waals surface area contributed by atoms with Crippen LogP contribution in [0, 0.1) is 0 Å². The highest BCUT2D eigenvalue weighted by molar-refractivity contribution is 5.77. The molecule has 3 amide bonds. The average Bonchev–Trinajstić information content (AvgIpc) is 0.771. The van der Waals surface area contributed by atoms with E-state index in [4.69, 9.17) is 52.1 Å². The van der Waals surface area contributed by atoms with Gasteiger partial charge in [0.15, 0.2) is 43.7 Å². The summed E-state index contributed by atoms with van der Waals surface area (Å²) < 4.78 is 61.3. The van der Waals surface area contributed by atoms with Gasteiger partial charge in [-0.2, -0.15) is 0 Å². The fourth-order valence-corrected chi connectivity index (χ4v) is 13.6. The number of carboxylic acids is 2. The zero-order valence-electron chi connectivity index (χ0n) is 62.9. The van der Waals surface area contributed by atoms with Gasteiger partial charge in [0.1, 0.15) is 116 Å². The van der Waals surface area contributed by atoms with Crippen molar-refractivity contribution in [2.75, 3.05) is 52.7 Å². The monoisotopic (exact) mass is 1580 g/mol. The van der Waals surface area contributed by atoms with Crippen LogP contribution in [-0.2, 0) is 76.1 Å². The van der Waals surface area contributed by atoms with E-state index in [-0.39, 0.29) is 64.0 Å². The molecule has 636 valence electrons. The van der Waals surface area contributed by atoms with Gasteiger partial charge < -0.3 is 160 Å². The molecule has 0 radical (unpaired) electrons. The first-order chi connectivity index (χ1) is 52.2. The molecule has 0 saturated carbocycles. The molecule has 5 fully saturated rings. The maximum absolute atomic E-state index is 13.2. The molecule has 5 aliphatic rings. The Morgan fingerprint density at radius 1 is 0.376 bits per heavy atom. The van der Waals surface area contributed by atoms with Gasteiger partial charge >= 0.3 is 11.9 Å². The Morgan fingerprint density at radius 2 is 0.780 bits per heavy atom. The third-order valence-electron chi connectivity index (χ3n) is 20.3. The minimum atomic E-state index is -2.32. The van der Waals surface area contributed by atoms with Gasteiger partial charge in [0.25, 0.3) is 0 Å². The van der Waals surface area contributed by atoms with Gasteiger partial charge in [0.05, 0.1) is 45.2 Å². The van der Waals surface area contributed by atoms with Gasteiger partial charge in [0, 0.05) is 39.0 Å². The summed E-state index contributed by atoms with van der Waals surface area (Å²) in [6.45, 7) is 2.04. The van der Waals surface area contributed by atoms with Crippen LogP contribution in [0.2, 0.25) is 0 Å². The number of carbonyl (C=O) groups excluding carboxylic acids is 3. The van der Waals surface area contributed by atoms with Crippen LogP contribution >= 0.6 is 0 Å². The predicted octanol–water partition coefficient (Wildman–Crippen LogP) is -2.91. The van der Waals surface area contributed by atoms with E-state index >= 15 is 0 Å². The molecule has 5 rings (SSSR count). The van der Waals surface area contributed by atoms with E-state index in [9.17, 15) is 116 Å². The molecule has 37 heteroatoms. The van der Waals surface area contributed by atoms with Crippen molar-refractivity contribution in [3.63, 3.8) is 0 Å². The number of amides is 3. The van der Waals surface area contributed by atoms with Crippen molar-refractivity contribution in [1.29, 1.82) is 0 Å². The number of ether oxygens (including phenoxy) is 11. The van der Waals surface area contributed by atoms with Gasteiger partial charge in [-0.3, -0.25) is 14.4 Å². The number of hydrogen-bond donors (Lipinski definition) is 21. The van der Waals surface area contributed by atoms with Crippen LogP contribution in [0.5, 0.6) is 0 Å². The van der Waals surface area contributed by atoms with Crippen LogP contribution in [0.3, 0.4) is 0 Å². The molecule has 5 heterocycles. The Kier molecular flexibility index (Phi) is 45.7. The molecule has 0 bridgehead atoms. The number of aliphatic carboxylic acids is 2. The second-order valence-corrected chi connectivity index (χ2v) is 29.1. The normalized spacial score (nSPS) is 33.8. The lowest BCUT2D eigenvalue weighted by molar-refractivity contribution is -0.385. The molecule has 0 aromatic heterocycles. The molecule has 28 atom stereocenters. The van der Waals surface area contributed by atoms with E-state index in [0.717, 1.165) is 64.2 Å². The Balaban J connectivity index is 0.947. The molecule has 21 N–H and O–H groups in total. The quantitative estimate of drug-likeness (QED) is 0.0272. The third-order valence-corrected chi connectivity index (χ3v) is 20.3. The maximum atomic E-state index is 13.2. The third kappa shape index (κ3) is 31.4. The van der Waals surface area contributed by atoms with Crippen LogP contribution in [0.15, 0.2) is 0 Å². The van der Waals surface area contributed by atoms with Crippen LogP contribution in [0.1, 0.15) is 200 Å². The topological polar surface area (TPSA) is 587 Å². The molecule has 109 heavy (non-hydrogen) atoms. The zero-order chi connectivity index (χ0) is 80.1. The first kappa shape index (κ1) is 95.9. The highest BCUT2D eigenvalue weighted by Gasteiger charge is 2.57. The van der Waals surface area contributed by atoms with Crippen molar-refractivity contribution in [3.05, 3.63) is 0 Å². The number of hydrogen-bond acceptors (Lipinski definition) is 32. The van der Waals surface area contributed by atoms with E-state index in [0.29, 0.717) is 51.5 Å². The summed E-state index contributed by atoms with van der Waals surface area (Å²) in [5, 5.41) is 201. The van der Waals surface area contributed by atoms with E-state index in [1.807, 2.05) is 0 Å². The molecule has 0 aliphatic carbocycles. The smallest absolute Gasteiger partial charge is 0.335 e. The van der Waals surface area contributed by atoms with Gasteiger partial charge in [-0.1, -0.05) is 142 Å². The minimum Gasteiger partial charge on any atom is -0.479 e. The minimum absolute atomic E-state index is 0.0387. The number of unbranched alkanes of at least 4 members (excludes halogenated alkanes) is 21. The fourth-order valence-electron chi connectivity index (χ4n) is 13.6. The molecule has 0 aromatic carbocycles. The van der Waals surface area contributed by atoms with Crippen molar-refractivity contribution >= 4 is 29.7 Å². The number of aliphatic hydroxyl groups excluding tert-OH is 16. The highest BCUT2D eigenvalue weighted by Crippen LogP contribution is 2.36. The second kappa shape index (κ2) is 52.0. The summed E-state index contributed by atoms with van der Waals surface area (Å²) in [5.74, 6) is -4.58. The summed E-state index contributed by atoms with van der Waals surface area (Å²) in [5.41, 5.74) is 0. The van der Waals surface area contributed by atoms with Crippen molar-refractivity contribution in [3.8, 4) is 0 Å². The molecule has 5 saturated heterocycles. The number of carbonyl (C=O) groups is 5. The van der Waals surface area contributed by atoms with Gasteiger partial charge in [0.2, 0.25) is 17.7 Å². The van der Waals surface area contributed by atoms with Crippen molar-refractivity contribution in [1.82, 2.24) is 16.0 Å². The summed E-state index contributed by atoms with van der Waals surface area (Å²) in [6.07, 6.45) is -26.4. The van der Waals surface area contributed by atoms with Crippen LogP contribution in [0.4, 0.5) is 0 Å². The molecular weight excluding hydrogens is 1450 g/mol. The summed E-state index contributed by atoms with van der Waals surface area (Å²) in [7, 11) is 0. The van der Waals surface area contributed by atoms with Crippen LogP contribution in [-0.4, -0.2) is 346 Å². The molecule has 37 nitrogen and oxygen atoms in total. The van der Waals surface area contributed by atoms with Crippen LogP contribution in [0.25, 0.3) is 0 Å². The lowest BCUT2D eigenvalue weighted by Crippen LogP contribution is -2.68. The second-order valence-electron chi connectivity index (χ2n) is 29.1. The number of rotatable bonds is 55. The summed E-state index contributed by atoms with van der Waals surface area (Å²) in [4.78, 5) is 62.3. The van der Waals surface area contributed by atoms with Gasteiger partial charge in [-0.25, -0.2) is 9.59 Å². The molecule has 25 unspecified atom stereocenters. The molecule has 0 spiro atoms. The average molecular weight is 1580 g/mol. The van der Waals surface area contributed by atoms with E-state index in [2.05, 4.69) is 29.8 Å². The van der Waals surface area contributed by atoms with Gasteiger partial charge in [-0.15, -0.1) is 0 Å². The standard InChI is InChI=1S/C72H129N3O34/c1-3-5-7-9-11-12-13-14-15-17-18-22-28-41(78)48(82)40(75-47(81)31-23-19-16-10-8-6-4-2)38-101-69-55(89)50(84)49(83)44(104-69)39-99-34-27-21-20-26-32-73-45(79)29-24-25-30-46(80)74-33-35-100-68-57(91)53(87)61(42(36-76)102-68)106-72-60(94)63(59(93)65(109-72)67(97)98)107-70-58(92)54(88)62(43(37-77)103-70)105-71-56(90)51(85)52(86)64(108-71)66(95)96/h40-44,48-65,68-72,76-78,82-94H,3-39H2,1-2H3,(H,73,79)(H,74,80)(H,75,81)(H,95,96)(H,97,98)/t40-,41+,42?,43?,44?,48-,49?,50?,51?,52?,53?,54?,55?,56?,57?,58?,59?,60?,61?,62?,63?,64?,65?,68?,69?,70?,71?,72?/m0/s1. The summed E-state index contributed by atoms with van der Waals surface area (Å²) >= 11 is 0. The molecular formula is C72H129N3O34. The number of aliphatic hydroxyl groups is 16. The Bertz CT molecular complexity index is 2520. The Morgan fingerprint density at radius 3 is 1.33 bits per heavy atom. The molecule has 5 aliphatic heterocycles. The van der Waals surface area contributed by atoms with E-state index in [1.165, 1.54) is 57.8 Å². The predicted molar refractivity (Wildman–Crippen MR) is 377 cm³/mol. The number of nitrogens with one attached hydrogen (secondary N) is 3. The zero-order valence-corrected chi connectivity index (χ0v) is 62.9. The van der Waals surface area contributed by atoms with E-state index in [1.54, 1.807) is 0 Å². The Hall–Kier alpha value is -3.73. The molecule has 0 aromatic rings. The van der Waals surface area contributed by atoms with Crippen molar-refractivity contribution in [2.24, 2.45) is 0 Å². The first-order valence-corrected chi connectivity index (χ1v) is 39.3. The van der Waals surface area contributed by atoms with E-state index < -0.39 is 203 Å². The van der Waals surface area contributed by atoms with Crippen LogP contribution < -0.4 is 16.0 Å². The largest absolute Gasteiger partial charge is 0.479 e. The number of carboxylic acid groups (broad SMARTS) is 2. The SMILES string of the molecule is CCCCCCCCCCCCCC[C@@H](O)[C@@H](O)[C@H](COC1OC(COCCCCCCNC(=O)CCCCC(=O)NCCOC2OC(CO)C(OC3OC(C(=O)O)C(O)C(OC4OC(CO)C(OC5OC(C(=O)O)C(O)C(O)C5O)C(O)C4O)C3O)C(O)C2O)C(O)C(O)C1O)NC(=O)CCCCCCCCC. The van der Waals surface area contributed by atoms with Gasteiger partial charge in [-0.05, 0) is 38.5 Å². The maximum Gasteiger partial charge on any atom is 0.335 e.